The second-order valence-electron chi connectivity index (χ2n) is 15.6. The van der Waals surface area contributed by atoms with Crippen LogP contribution in [0.15, 0.2) is 66.7 Å². The monoisotopic (exact) mass is 612 g/mol. The van der Waals surface area contributed by atoms with Gasteiger partial charge in [-0.15, -0.1) is 0 Å². The highest BCUT2D eigenvalue weighted by atomic mass is 16.5. The highest BCUT2D eigenvalue weighted by Crippen LogP contribution is 2.69. The maximum atomic E-state index is 12.5. The second kappa shape index (κ2) is 12.4. The summed E-state index contributed by atoms with van der Waals surface area (Å²) in [4.78, 5) is 23.5. The molecule has 10 atom stereocenters. The summed E-state index contributed by atoms with van der Waals surface area (Å²) in [5.74, 6) is 1.70. The molecule has 0 bridgehead atoms. The number of aliphatic carboxylic acids is 1. The van der Waals surface area contributed by atoms with Crippen LogP contribution in [0, 0.1) is 46.3 Å². The maximum Gasteiger partial charge on any atom is 0.327 e. The molecule has 0 saturated heterocycles. The minimum Gasteiger partial charge on any atom is -0.478 e. The van der Waals surface area contributed by atoms with Crippen molar-refractivity contribution in [2.75, 3.05) is 0 Å². The van der Waals surface area contributed by atoms with Crippen molar-refractivity contribution in [3.8, 4) is 11.1 Å². The smallest absolute Gasteiger partial charge is 0.327 e. The number of fused-ring (bicyclic) bond motifs is 5. The molecule has 4 aliphatic rings. The van der Waals surface area contributed by atoms with Crippen molar-refractivity contribution < 1.29 is 24.5 Å². The summed E-state index contributed by atoms with van der Waals surface area (Å²) in [7, 11) is 0. The van der Waals surface area contributed by atoms with Gasteiger partial charge >= 0.3 is 11.9 Å². The number of ether oxygens (including phenoxy) is 1. The Labute approximate surface area is 269 Å². The molecule has 6 rings (SSSR count). The first-order chi connectivity index (χ1) is 21.4. The molecule has 4 aliphatic carbocycles. The lowest BCUT2D eigenvalue weighted by molar-refractivity contribution is -0.204. The number of rotatable bonds is 8. The first-order valence-corrected chi connectivity index (χ1v) is 17.4. The van der Waals surface area contributed by atoms with E-state index >= 15 is 0 Å². The Hall–Kier alpha value is -2.92. The molecule has 0 aromatic heterocycles. The molecule has 0 aliphatic heterocycles. The number of carboxylic acid groups (broad SMARTS) is 1. The average molecular weight is 613 g/mol. The summed E-state index contributed by atoms with van der Waals surface area (Å²) < 4.78 is 6.26. The van der Waals surface area contributed by atoms with E-state index < -0.39 is 11.6 Å². The van der Waals surface area contributed by atoms with E-state index in [9.17, 15) is 14.7 Å². The normalized spacial score (nSPS) is 38.2. The molecular weight excluding hydrogens is 560 g/mol. The number of benzene rings is 2. The van der Waals surface area contributed by atoms with Crippen LogP contribution in [-0.2, 0) is 19.9 Å². The van der Waals surface area contributed by atoms with Crippen molar-refractivity contribution in [3.63, 3.8) is 0 Å². The molecular formula is C40H52O5. The predicted octanol–water partition coefficient (Wildman–Crippen LogP) is 8.80. The van der Waals surface area contributed by atoms with Crippen molar-refractivity contribution in [1.29, 1.82) is 0 Å². The summed E-state index contributed by atoms with van der Waals surface area (Å²) in [6.07, 6.45) is 12.8. The summed E-state index contributed by atoms with van der Waals surface area (Å²) in [5.41, 5.74) is 2.78. The zero-order valence-corrected chi connectivity index (χ0v) is 27.6. The molecule has 2 aromatic carbocycles. The Morgan fingerprint density at radius 2 is 1.62 bits per heavy atom. The Balaban J connectivity index is 1.22. The third-order valence-corrected chi connectivity index (χ3v) is 13.4. The molecule has 1 unspecified atom stereocenters. The first kappa shape index (κ1) is 32.0. The van der Waals surface area contributed by atoms with E-state index in [-0.39, 0.29) is 28.8 Å². The first-order valence-electron chi connectivity index (χ1n) is 17.4. The van der Waals surface area contributed by atoms with Gasteiger partial charge in [0.25, 0.3) is 0 Å². The number of allylic oxidation sites excluding steroid dienone is 1. The van der Waals surface area contributed by atoms with Crippen LogP contribution in [0.4, 0.5) is 0 Å². The number of hydrogen-bond acceptors (Lipinski definition) is 4. The summed E-state index contributed by atoms with van der Waals surface area (Å²) in [6.45, 7) is 8.91. The second-order valence-corrected chi connectivity index (χ2v) is 15.6. The van der Waals surface area contributed by atoms with Crippen LogP contribution in [0.5, 0.6) is 0 Å². The zero-order valence-electron chi connectivity index (χ0n) is 27.6. The molecule has 45 heavy (non-hydrogen) atoms. The van der Waals surface area contributed by atoms with E-state index in [0.717, 1.165) is 49.7 Å². The Morgan fingerprint density at radius 3 is 2.31 bits per heavy atom. The van der Waals surface area contributed by atoms with Gasteiger partial charge < -0.3 is 14.9 Å². The largest absolute Gasteiger partial charge is 0.478 e. The number of carbonyl (C=O) groups excluding carboxylic acids is 1. The lowest BCUT2D eigenvalue weighted by Crippen LogP contribution is -2.60. The van der Waals surface area contributed by atoms with Crippen molar-refractivity contribution in [2.45, 2.75) is 104 Å². The van der Waals surface area contributed by atoms with Gasteiger partial charge in [0.1, 0.15) is 6.10 Å². The Morgan fingerprint density at radius 1 is 0.933 bits per heavy atom. The van der Waals surface area contributed by atoms with Crippen LogP contribution in [0.3, 0.4) is 0 Å². The van der Waals surface area contributed by atoms with Gasteiger partial charge in [0.05, 0.1) is 5.60 Å². The predicted molar refractivity (Wildman–Crippen MR) is 177 cm³/mol. The number of aliphatic hydroxyl groups is 1. The number of hydrogen-bond donors (Lipinski definition) is 2. The lowest BCUT2D eigenvalue weighted by atomic mass is 9.42. The van der Waals surface area contributed by atoms with Crippen LogP contribution in [-0.4, -0.2) is 28.3 Å². The summed E-state index contributed by atoms with van der Waals surface area (Å²) in [6, 6.07) is 18.9. The van der Waals surface area contributed by atoms with Gasteiger partial charge in [-0.2, -0.15) is 0 Å². The maximum absolute atomic E-state index is 12.5. The highest BCUT2D eigenvalue weighted by Gasteiger charge is 2.64. The third-order valence-electron chi connectivity index (χ3n) is 13.4. The van der Waals surface area contributed by atoms with Crippen molar-refractivity contribution in [1.82, 2.24) is 0 Å². The van der Waals surface area contributed by atoms with Gasteiger partial charge in [-0.3, -0.25) is 4.79 Å². The fraction of sp³-hybridized carbons (Fsp3) is 0.600. The van der Waals surface area contributed by atoms with E-state index in [1.54, 1.807) is 13.0 Å². The summed E-state index contributed by atoms with van der Waals surface area (Å²) in [5, 5.41) is 21.2. The van der Waals surface area contributed by atoms with Gasteiger partial charge in [-0.25, -0.2) is 4.79 Å². The molecule has 0 heterocycles. The van der Waals surface area contributed by atoms with Crippen LogP contribution in [0.1, 0.15) is 97.5 Å². The van der Waals surface area contributed by atoms with E-state index in [2.05, 4.69) is 69.3 Å². The van der Waals surface area contributed by atoms with Gasteiger partial charge in [-0.05, 0) is 121 Å². The standard InChI is InChI=1S/C40H52O5/c1-26(10-8-9-13-36(42)43)32-18-19-33-37-34(20-21-39(32,33)4)38(3)22-23-40(44,25-31(38)24-35(37)45-27(2)41)30-16-14-29(15-17-30)28-11-6-5-7-12-28/h5-7,9,11-17,26,31-35,37,44H,8,10,18-25H2,1-4H3,(H,42,43)/t26?,31-,32-,33+,34+,35-,37+,38+,39-,40+/m1/s1. The van der Waals surface area contributed by atoms with Crippen molar-refractivity contribution >= 4 is 11.9 Å². The number of carbonyl (C=O) groups is 2. The number of esters is 1. The van der Waals surface area contributed by atoms with Gasteiger partial charge in [0.2, 0.25) is 0 Å². The van der Waals surface area contributed by atoms with Crippen molar-refractivity contribution in [3.05, 3.63) is 72.3 Å². The molecule has 0 amide bonds. The fourth-order valence-electron chi connectivity index (χ4n) is 11.1. The highest BCUT2D eigenvalue weighted by molar-refractivity contribution is 5.79. The topological polar surface area (TPSA) is 83.8 Å². The van der Waals surface area contributed by atoms with E-state index in [0.29, 0.717) is 36.0 Å². The molecule has 242 valence electrons. The molecule has 2 aromatic rings. The van der Waals surface area contributed by atoms with Gasteiger partial charge in [-0.1, -0.05) is 81.4 Å². The quantitative estimate of drug-likeness (QED) is 0.230. The Bertz CT molecular complexity index is 1400. The fourth-order valence-corrected chi connectivity index (χ4v) is 11.1. The van der Waals surface area contributed by atoms with Crippen molar-refractivity contribution in [2.24, 2.45) is 46.3 Å². The van der Waals surface area contributed by atoms with Crippen LogP contribution < -0.4 is 0 Å². The Kier molecular flexibility index (Phi) is 8.80. The average Bonchev–Trinajstić information content (AvgIpc) is 3.37. The number of carboxylic acids is 1. The minimum absolute atomic E-state index is 0.106. The SMILES string of the molecule is CC(=O)O[C@@H]1C[C@@H]2C[C@](O)(c3ccc(-c4ccccc4)cc3)CC[C@]2(C)[C@H]2CC[C@]3(C)[C@@H](C(C)CCC=CC(=O)O)CC[C@H]3[C@H]12. The molecule has 5 heteroatoms. The van der Waals surface area contributed by atoms with E-state index in [1.165, 1.54) is 30.9 Å². The minimum atomic E-state index is -0.878. The third kappa shape index (κ3) is 5.90. The zero-order chi connectivity index (χ0) is 32.0. The van der Waals surface area contributed by atoms with E-state index in [4.69, 9.17) is 9.84 Å². The van der Waals surface area contributed by atoms with E-state index in [1.807, 2.05) is 6.07 Å². The van der Waals surface area contributed by atoms with Crippen LogP contribution >= 0.6 is 0 Å². The molecule has 0 spiro atoms. The molecule has 4 fully saturated rings. The van der Waals surface area contributed by atoms with Crippen LogP contribution in [0.25, 0.3) is 11.1 Å². The van der Waals surface area contributed by atoms with Crippen LogP contribution in [0.2, 0.25) is 0 Å². The van der Waals surface area contributed by atoms with Gasteiger partial charge in [0, 0.05) is 18.9 Å². The molecule has 5 nitrogen and oxygen atoms in total. The molecule has 2 N–H and O–H groups in total. The molecule has 0 radical (unpaired) electrons. The van der Waals surface area contributed by atoms with Gasteiger partial charge in [0.15, 0.2) is 0 Å². The summed E-state index contributed by atoms with van der Waals surface area (Å²) >= 11 is 0. The molecule has 4 saturated carbocycles. The lowest BCUT2D eigenvalue weighted by Gasteiger charge is -2.63.